The van der Waals surface area contributed by atoms with E-state index in [1.807, 2.05) is 0 Å². The predicted octanol–water partition coefficient (Wildman–Crippen LogP) is 2.58. The van der Waals surface area contributed by atoms with Crippen LogP contribution in [0, 0.1) is 21.7 Å². The summed E-state index contributed by atoms with van der Waals surface area (Å²) in [7, 11) is 0. The first kappa shape index (κ1) is 13.0. The Hall–Kier alpha value is -2.42. The maximum atomic E-state index is 13.4. The van der Waals surface area contributed by atoms with Gasteiger partial charge in [-0.1, -0.05) is 0 Å². The topological polar surface area (TPSA) is 85.1 Å². The van der Waals surface area contributed by atoms with Crippen LogP contribution in [0.4, 0.5) is 20.2 Å². The highest BCUT2D eigenvalue weighted by atomic mass is 32.1. The highest BCUT2D eigenvalue weighted by Crippen LogP contribution is 2.25. The monoisotopic (exact) mass is 285 g/mol. The minimum absolute atomic E-state index is 0.0383. The maximum absolute atomic E-state index is 13.4. The van der Waals surface area contributed by atoms with Crippen LogP contribution in [0.1, 0.15) is 10.5 Å². The van der Waals surface area contributed by atoms with Gasteiger partial charge in [-0.05, 0) is 0 Å². The number of thiazole rings is 1. The molecule has 0 bridgehead atoms. The van der Waals surface area contributed by atoms with Crippen LogP contribution < -0.4 is 5.32 Å². The molecule has 0 saturated heterocycles. The zero-order chi connectivity index (χ0) is 14.0. The van der Waals surface area contributed by atoms with Crippen molar-refractivity contribution in [2.75, 3.05) is 5.32 Å². The Labute approximate surface area is 108 Å². The van der Waals surface area contributed by atoms with Crippen LogP contribution in [0.3, 0.4) is 0 Å². The number of hydrogen-bond acceptors (Lipinski definition) is 5. The SMILES string of the molecule is O=C(Nc1cc([N+](=O)[O-])c(F)cc1F)c1cscn1. The fourth-order valence-corrected chi connectivity index (χ4v) is 1.82. The van der Waals surface area contributed by atoms with Crippen LogP contribution in [-0.2, 0) is 0 Å². The molecule has 1 aromatic carbocycles. The third-order valence-corrected chi connectivity index (χ3v) is 2.73. The van der Waals surface area contributed by atoms with Crippen molar-refractivity contribution in [3.05, 3.63) is 50.5 Å². The van der Waals surface area contributed by atoms with Gasteiger partial charge in [-0.2, -0.15) is 4.39 Å². The molecule has 0 fully saturated rings. The zero-order valence-electron chi connectivity index (χ0n) is 9.09. The molecular formula is C10H5F2N3O3S. The Morgan fingerprint density at radius 1 is 1.37 bits per heavy atom. The molecule has 0 unspecified atom stereocenters. The molecule has 9 heteroatoms. The molecular weight excluding hydrogens is 280 g/mol. The molecule has 2 aromatic rings. The molecule has 2 rings (SSSR count). The van der Waals surface area contributed by atoms with Crippen LogP contribution in [0.5, 0.6) is 0 Å². The number of nitro benzene ring substituents is 1. The summed E-state index contributed by atoms with van der Waals surface area (Å²) in [5.74, 6) is -3.15. The second-order valence-corrected chi connectivity index (χ2v) is 4.09. The lowest BCUT2D eigenvalue weighted by Crippen LogP contribution is -2.13. The Balaban J connectivity index is 2.32. The van der Waals surface area contributed by atoms with Crippen molar-refractivity contribution in [2.45, 2.75) is 0 Å². The molecule has 6 nitrogen and oxygen atoms in total. The number of nitro groups is 1. The van der Waals surface area contributed by atoms with E-state index >= 15 is 0 Å². The highest BCUT2D eigenvalue weighted by Gasteiger charge is 2.20. The van der Waals surface area contributed by atoms with Crippen molar-refractivity contribution in [3.63, 3.8) is 0 Å². The third-order valence-electron chi connectivity index (χ3n) is 2.15. The first-order valence-corrected chi connectivity index (χ1v) is 5.76. The minimum atomic E-state index is -1.31. The number of anilines is 1. The predicted molar refractivity (Wildman–Crippen MR) is 63.1 cm³/mol. The molecule has 0 aliphatic rings. The fourth-order valence-electron chi connectivity index (χ4n) is 1.28. The number of carbonyl (C=O) groups excluding carboxylic acids is 1. The third kappa shape index (κ3) is 2.71. The van der Waals surface area contributed by atoms with Gasteiger partial charge in [-0.3, -0.25) is 14.9 Å². The summed E-state index contributed by atoms with van der Waals surface area (Å²) in [4.78, 5) is 24.8. The van der Waals surface area contributed by atoms with Crippen molar-refractivity contribution >= 4 is 28.6 Å². The number of halogens is 2. The van der Waals surface area contributed by atoms with Gasteiger partial charge in [-0.15, -0.1) is 11.3 Å². The van der Waals surface area contributed by atoms with E-state index in [2.05, 4.69) is 10.3 Å². The van der Waals surface area contributed by atoms with Crippen molar-refractivity contribution in [1.29, 1.82) is 0 Å². The Bertz CT molecular complexity index is 646. The number of nitrogens with zero attached hydrogens (tertiary/aromatic N) is 2. The van der Waals surface area contributed by atoms with Gasteiger partial charge in [0.1, 0.15) is 11.5 Å². The lowest BCUT2D eigenvalue weighted by atomic mass is 10.2. The molecule has 0 aliphatic carbocycles. The zero-order valence-corrected chi connectivity index (χ0v) is 9.91. The molecule has 0 aliphatic heterocycles. The number of nitrogens with one attached hydrogen (secondary N) is 1. The fraction of sp³-hybridized carbons (Fsp3) is 0. The average molecular weight is 285 g/mol. The van der Waals surface area contributed by atoms with Crippen molar-refractivity contribution in [3.8, 4) is 0 Å². The summed E-state index contributed by atoms with van der Waals surface area (Å²) in [6.07, 6.45) is 0. The van der Waals surface area contributed by atoms with E-state index in [9.17, 15) is 23.7 Å². The number of aromatic nitrogens is 1. The lowest BCUT2D eigenvalue weighted by molar-refractivity contribution is -0.387. The maximum Gasteiger partial charge on any atom is 0.307 e. The van der Waals surface area contributed by atoms with Gasteiger partial charge in [0.15, 0.2) is 0 Å². The molecule has 0 spiro atoms. The highest BCUT2D eigenvalue weighted by molar-refractivity contribution is 7.07. The van der Waals surface area contributed by atoms with Crippen LogP contribution in [0.2, 0.25) is 0 Å². The van der Waals surface area contributed by atoms with Gasteiger partial charge < -0.3 is 5.32 Å². The van der Waals surface area contributed by atoms with Crippen molar-refractivity contribution in [1.82, 2.24) is 4.98 Å². The summed E-state index contributed by atoms with van der Waals surface area (Å²) in [5, 5.41) is 14.0. The molecule has 0 saturated carbocycles. The van der Waals surface area contributed by atoms with Gasteiger partial charge in [0, 0.05) is 17.5 Å². The summed E-state index contributed by atoms with van der Waals surface area (Å²) in [6.45, 7) is 0. The van der Waals surface area contributed by atoms with Gasteiger partial charge in [0.2, 0.25) is 5.82 Å². The molecule has 1 amide bonds. The molecule has 0 radical (unpaired) electrons. The average Bonchev–Trinajstić information content (AvgIpc) is 2.85. The minimum Gasteiger partial charge on any atom is -0.318 e. The Morgan fingerprint density at radius 3 is 2.68 bits per heavy atom. The summed E-state index contributed by atoms with van der Waals surface area (Å²) >= 11 is 1.16. The first-order chi connectivity index (χ1) is 8.99. The van der Waals surface area contributed by atoms with Crippen LogP contribution in [0.25, 0.3) is 0 Å². The van der Waals surface area contributed by atoms with E-state index in [0.717, 1.165) is 11.3 Å². The summed E-state index contributed by atoms with van der Waals surface area (Å²) in [5.41, 5.74) is 0.0377. The van der Waals surface area contributed by atoms with E-state index in [0.29, 0.717) is 12.1 Å². The van der Waals surface area contributed by atoms with Gasteiger partial charge >= 0.3 is 5.69 Å². The summed E-state index contributed by atoms with van der Waals surface area (Å²) in [6, 6.07) is 0.962. The van der Waals surface area contributed by atoms with E-state index in [4.69, 9.17) is 0 Å². The van der Waals surface area contributed by atoms with E-state index in [1.165, 1.54) is 10.9 Å². The van der Waals surface area contributed by atoms with Gasteiger partial charge in [0.25, 0.3) is 5.91 Å². The first-order valence-electron chi connectivity index (χ1n) is 4.82. The molecule has 1 heterocycles. The molecule has 19 heavy (non-hydrogen) atoms. The van der Waals surface area contributed by atoms with E-state index < -0.39 is 33.8 Å². The Morgan fingerprint density at radius 2 is 2.11 bits per heavy atom. The normalized spacial score (nSPS) is 10.2. The number of benzene rings is 1. The van der Waals surface area contributed by atoms with Gasteiger partial charge in [0.05, 0.1) is 16.1 Å². The standard InChI is InChI=1S/C10H5F2N3O3S/c11-5-1-6(12)9(15(17)18)2-7(5)14-10(16)8-3-19-4-13-8/h1-4H,(H,14,16). The Kier molecular flexibility index (Phi) is 3.47. The smallest absolute Gasteiger partial charge is 0.307 e. The van der Waals surface area contributed by atoms with Crippen molar-refractivity contribution < 1.29 is 18.5 Å². The second kappa shape index (κ2) is 5.06. The molecule has 1 aromatic heterocycles. The molecule has 0 atom stereocenters. The van der Waals surface area contributed by atoms with Gasteiger partial charge in [-0.25, -0.2) is 9.37 Å². The van der Waals surface area contributed by atoms with Crippen LogP contribution >= 0.6 is 11.3 Å². The molecule has 1 N–H and O–H groups in total. The number of hydrogen-bond donors (Lipinski definition) is 1. The lowest BCUT2D eigenvalue weighted by Gasteiger charge is -2.05. The quantitative estimate of drug-likeness (QED) is 0.693. The summed E-state index contributed by atoms with van der Waals surface area (Å²) < 4.78 is 26.5. The largest absolute Gasteiger partial charge is 0.318 e. The van der Waals surface area contributed by atoms with Crippen LogP contribution in [-0.4, -0.2) is 15.8 Å². The van der Waals surface area contributed by atoms with Crippen molar-refractivity contribution in [2.24, 2.45) is 0 Å². The van der Waals surface area contributed by atoms with Crippen LogP contribution in [0.15, 0.2) is 23.0 Å². The van der Waals surface area contributed by atoms with E-state index in [-0.39, 0.29) is 5.69 Å². The number of rotatable bonds is 3. The number of amides is 1. The number of carbonyl (C=O) groups is 1. The molecule has 98 valence electrons. The second-order valence-electron chi connectivity index (χ2n) is 3.37. The van der Waals surface area contributed by atoms with E-state index in [1.54, 1.807) is 0 Å².